The number of rotatable bonds is 5. The molecule has 146 valence electrons. The lowest BCUT2D eigenvalue weighted by Gasteiger charge is -2.30. The normalized spacial score (nSPS) is 24.5. The average Bonchev–Trinajstić information content (AvgIpc) is 3.42. The Morgan fingerprint density at radius 2 is 2.04 bits per heavy atom. The summed E-state index contributed by atoms with van der Waals surface area (Å²) in [5, 5.41) is 18.1. The van der Waals surface area contributed by atoms with E-state index in [0.29, 0.717) is 17.4 Å². The van der Waals surface area contributed by atoms with Gasteiger partial charge in [0.25, 0.3) is 5.91 Å². The van der Waals surface area contributed by atoms with Crippen molar-refractivity contribution in [2.24, 2.45) is 0 Å². The molecule has 8 heteroatoms. The molecule has 2 aromatic heterocycles. The van der Waals surface area contributed by atoms with Crippen molar-refractivity contribution in [3.05, 3.63) is 40.1 Å². The number of amides is 1. The van der Waals surface area contributed by atoms with Crippen LogP contribution in [0.15, 0.2) is 23.7 Å². The number of carbonyl (C=O) groups is 1. The largest absolute Gasteiger partial charge is 0.381 e. The molecule has 0 radical (unpaired) electrons. The second-order valence-corrected chi connectivity index (χ2v) is 8.17. The maximum absolute atomic E-state index is 12.5. The van der Waals surface area contributed by atoms with Gasteiger partial charge in [0.15, 0.2) is 0 Å². The molecule has 1 saturated heterocycles. The van der Waals surface area contributed by atoms with Crippen molar-refractivity contribution >= 4 is 22.9 Å². The number of hydrogen-bond acceptors (Lipinski definition) is 7. The lowest BCUT2D eigenvalue weighted by molar-refractivity contribution is 0.0919. The highest BCUT2D eigenvalue weighted by atomic mass is 32.1. The first-order chi connectivity index (χ1) is 13.7. The predicted octanol–water partition coefficient (Wildman–Crippen LogP) is 3.41. The molecule has 2 aromatic rings. The lowest BCUT2D eigenvalue weighted by atomic mass is 9.91. The molecule has 7 nitrogen and oxygen atoms in total. The zero-order valence-electron chi connectivity index (χ0n) is 15.6. The first kappa shape index (κ1) is 18.8. The summed E-state index contributed by atoms with van der Waals surface area (Å²) >= 11 is 1.51. The first-order valence-corrected chi connectivity index (χ1v) is 10.6. The van der Waals surface area contributed by atoms with Gasteiger partial charge in [-0.25, -0.2) is 9.97 Å². The number of thiazole rings is 1. The van der Waals surface area contributed by atoms with E-state index >= 15 is 0 Å². The van der Waals surface area contributed by atoms with Gasteiger partial charge in [-0.2, -0.15) is 5.26 Å². The van der Waals surface area contributed by atoms with Gasteiger partial charge in [0.1, 0.15) is 28.6 Å². The Hall–Kier alpha value is -2.50. The van der Waals surface area contributed by atoms with Gasteiger partial charge in [-0.1, -0.05) is 0 Å². The maximum atomic E-state index is 12.5. The molecule has 1 atom stereocenters. The Morgan fingerprint density at radius 3 is 2.71 bits per heavy atom. The smallest absolute Gasteiger partial charge is 0.270 e. The van der Waals surface area contributed by atoms with E-state index in [-0.39, 0.29) is 18.1 Å². The summed E-state index contributed by atoms with van der Waals surface area (Å²) < 4.78 is 5.64. The van der Waals surface area contributed by atoms with E-state index in [1.165, 1.54) is 11.3 Å². The second-order valence-electron chi connectivity index (χ2n) is 7.28. The Kier molecular flexibility index (Phi) is 5.84. The van der Waals surface area contributed by atoms with Crippen LogP contribution in [0.4, 0.5) is 5.69 Å². The molecule has 0 spiro atoms. The molecule has 0 aromatic carbocycles. The number of pyridine rings is 1. The monoisotopic (exact) mass is 397 g/mol. The van der Waals surface area contributed by atoms with Crippen molar-refractivity contribution in [3.63, 3.8) is 0 Å². The van der Waals surface area contributed by atoms with Gasteiger partial charge < -0.3 is 15.4 Å². The van der Waals surface area contributed by atoms with Crippen LogP contribution >= 0.6 is 11.3 Å². The lowest BCUT2D eigenvalue weighted by Crippen LogP contribution is -2.40. The predicted molar refractivity (Wildman–Crippen MR) is 106 cm³/mol. The maximum Gasteiger partial charge on any atom is 0.270 e. The minimum atomic E-state index is -0.0896. The van der Waals surface area contributed by atoms with Gasteiger partial charge in [0, 0.05) is 24.1 Å². The van der Waals surface area contributed by atoms with E-state index in [9.17, 15) is 4.79 Å². The molecular weight excluding hydrogens is 374 g/mol. The number of aromatic nitrogens is 2. The first-order valence-electron chi connectivity index (χ1n) is 9.72. The molecule has 28 heavy (non-hydrogen) atoms. The quantitative estimate of drug-likeness (QED) is 0.802. The summed E-state index contributed by atoms with van der Waals surface area (Å²) in [5.74, 6) is -0.0896. The highest BCUT2D eigenvalue weighted by Gasteiger charge is 2.25. The number of nitrogens with zero attached hydrogens (tertiary/aromatic N) is 3. The topological polar surface area (TPSA) is 99.9 Å². The average molecular weight is 398 g/mol. The minimum Gasteiger partial charge on any atom is -0.381 e. The van der Waals surface area contributed by atoms with E-state index in [1.54, 1.807) is 12.3 Å². The van der Waals surface area contributed by atoms with Crippen molar-refractivity contribution in [2.45, 2.75) is 56.7 Å². The van der Waals surface area contributed by atoms with E-state index in [4.69, 9.17) is 10.00 Å². The molecule has 1 aliphatic carbocycles. The zero-order valence-corrected chi connectivity index (χ0v) is 16.4. The van der Waals surface area contributed by atoms with Crippen molar-refractivity contribution < 1.29 is 9.53 Å². The van der Waals surface area contributed by atoms with Crippen LogP contribution < -0.4 is 10.6 Å². The molecule has 2 N–H and O–H groups in total. The van der Waals surface area contributed by atoms with Crippen LogP contribution in [-0.2, 0) is 4.74 Å². The van der Waals surface area contributed by atoms with Crippen molar-refractivity contribution in [3.8, 4) is 6.07 Å². The summed E-state index contributed by atoms with van der Waals surface area (Å²) in [6.07, 6.45) is 7.60. The van der Waals surface area contributed by atoms with Gasteiger partial charge in [-0.05, 0) is 50.7 Å². The van der Waals surface area contributed by atoms with Crippen LogP contribution in [0.2, 0.25) is 0 Å². The highest BCUT2D eigenvalue weighted by Crippen LogP contribution is 2.30. The Labute approximate surface area is 168 Å². The zero-order chi connectivity index (χ0) is 19.3. The van der Waals surface area contributed by atoms with Gasteiger partial charge in [-0.3, -0.25) is 4.79 Å². The number of carbonyl (C=O) groups excluding carboxylic acids is 1. The standard InChI is InChI=1S/C20H23N5O2S/c21-10-15-7-8-16(11-22-15)23-13-3-5-14(6-4-13)24-19(26)17-12-28-20(25-17)18-2-1-9-27-18/h7-8,11-14,18,23H,1-6,9H2,(H,24,26). The number of anilines is 1. The van der Waals surface area contributed by atoms with Gasteiger partial charge >= 0.3 is 0 Å². The van der Waals surface area contributed by atoms with E-state index in [2.05, 4.69) is 20.6 Å². The van der Waals surface area contributed by atoms with Gasteiger partial charge in [0.2, 0.25) is 0 Å². The Morgan fingerprint density at radius 1 is 1.21 bits per heavy atom. The molecule has 1 aliphatic heterocycles. The second kappa shape index (κ2) is 8.67. The van der Waals surface area contributed by atoms with Crippen LogP contribution in [0, 0.1) is 11.3 Å². The third-order valence-electron chi connectivity index (χ3n) is 5.27. The molecule has 1 unspecified atom stereocenters. The van der Waals surface area contributed by atoms with Crippen LogP contribution in [0.25, 0.3) is 0 Å². The summed E-state index contributed by atoms with van der Waals surface area (Å²) in [5.41, 5.74) is 1.84. The van der Waals surface area contributed by atoms with Crippen LogP contribution in [0.5, 0.6) is 0 Å². The summed E-state index contributed by atoms with van der Waals surface area (Å²) in [6.45, 7) is 0.779. The Balaban J connectivity index is 1.24. The van der Waals surface area contributed by atoms with Gasteiger partial charge in [-0.15, -0.1) is 11.3 Å². The van der Waals surface area contributed by atoms with Crippen molar-refractivity contribution in [1.29, 1.82) is 5.26 Å². The molecule has 1 amide bonds. The number of nitriles is 1. The summed E-state index contributed by atoms with van der Waals surface area (Å²) in [7, 11) is 0. The van der Waals surface area contributed by atoms with Gasteiger partial charge in [0.05, 0.1) is 11.9 Å². The molecule has 1 saturated carbocycles. The molecule has 2 aliphatic rings. The fraction of sp³-hybridized carbons (Fsp3) is 0.500. The minimum absolute atomic E-state index is 0.0600. The Bertz CT molecular complexity index is 846. The van der Waals surface area contributed by atoms with Crippen molar-refractivity contribution in [1.82, 2.24) is 15.3 Å². The molecule has 3 heterocycles. The molecule has 4 rings (SSSR count). The summed E-state index contributed by atoms with van der Waals surface area (Å²) in [6, 6.07) is 6.15. The SMILES string of the molecule is N#Cc1ccc(NC2CCC(NC(=O)c3csc(C4CCCO4)n3)CC2)cn1. The van der Waals surface area contributed by atoms with Crippen LogP contribution in [0.3, 0.4) is 0 Å². The van der Waals surface area contributed by atoms with E-state index in [0.717, 1.165) is 55.8 Å². The number of nitrogens with one attached hydrogen (secondary N) is 2. The van der Waals surface area contributed by atoms with E-state index < -0.39 is 0 Å². The summed E-state index contributed by atoms with van der Waals surface area (Å²) in [4.78, 5) is 21.1. The highest BCUT2D eigenvalue weighted by molar-refractivity contribution is 7.09. The third kappa shape index (κ3) is 4.49. The number of hydrogen-bond donors (Lipinski definition) is 2. The fourth-order valence-corrected chi connectivity index (χ4v) is 4.62. The van der Waals surface area contributed by atoms with E-state index in [1.807, 2.05) is 17.5 Å². The van der Waals surface area contributed by atoms with Crippen LogP contribution in [0.1, 0.15) is 65.8 Å². The number of ether oxygens (including phenoxy) is 1. The molecule has 2 fully saturated rings. The molecular formula is C20H23N5O2S. The van der Waals surface area contributed by atoms with Crippen LogP contribution in [-0.4, -0.2) is 34.6 Å². The fourth-order valence-electron chi connectivity index (χ4n) is 3.73. The third-order valence-corrected chi connectivity index (χ3v) is 6.21. The molecule has 0 bridgehead atoms. The van der Waals surface area contributed by atoms with Crippen molar-refractivity contribution in [2.75, 3.05) is 11.9 Å².